The molecule has 98 valence electrons. The molecule has 0 saturated carbocycles. The van der Waals surface area contributed by atoms with Gasteiger partial charge in [-0.3, -0.25) is 4.79 Å². The molecule has 1 aromatic carbocycles. The second kappa shape index (κ2) is 7.34. The molecule has 0 heterocycles. The maximum atomic E-state index is 11.8. The third-order valence-electron chi connectivity index (χ3n) is 2.44. The number of nitrogens with two attached hydrogens (primary N) is 1. The van der Waals surface area contributed by atoms with Crippen molar-refractivity contribution in [2.75, 3.05) is 6.54 Å². The molecule has 5 heteroatoms. The predicted molar refractivity (Wildman–Crippen MR) is 79.2 cm³/mol. The van der Waals surface area contributed by atoms with Crippen molar-refractivity contribution in [1.29, 1.82) is 0 Å². The Balaban J connectivity index is 2.38. The SMILES string of the molecule is Cc1cc(Cl)cc(C(=O)NCCCCC(N)=S)c1. The molecule has 0 aliphatic heterocycles. The Morgan fingerprint density at radius 2 is 2.11 bits per heavy atom. The fraction of sp³-hybridized carbons (Fsp3) is 0.385. The van der Waals surface area contributed by atoms with E-state index in [0.29, 0.717) is 22.1 Å². The number of aryl methyl sites for hydroxylation is 1. The summed E-state index contributed by atoms with van der Waals surface area (Å²) in [7, 11) is 0. The van der Waals surface area contributed by atoms with E-state index in [9.17, 15) is 4.79 Å². The van der Waals surface area contributed by atoms with Gasteiger partial charge in [-0.05, 0) is 49.9 Å². The van der Waals surface area contributed by atoms with Crippen molar-refractivity contribution in [3.8, 4) is 0 Å². The minimum absolute atomic E-state index is 0.101. The first-order valence-corrected chi connectivity index (χ1v) is 6.61. The van der Waals surface area contributed by atoms with E-state index in [4.69, 9.17) is 29.6 Å². The molecule has 1 aromatic rings. The summed E-state index contributed by atoms with van der Waals surface area (Å²) in [5.41, 5.74) is 6.95. The molecule has 18 heavy (non-hydrogen) atoms. The predicted octanol–water partition coefficient (Wildman–Crippen LogP) is 2.83. The molecule has 0 aromatic heterocycles. The summed E-state index contributed by atoms with van der Waals surface area (Å²) in [6.45, 7) is 2.53. The number of hydrogen-bond donors (Lipinski definition) is 2. The van der Waals surface area contributed by atoms with Crippen LogP contribution in [0, 0.1) is 6.92 Å². The molecule has 0 unspecified atom stereocenters. The Morgan fingerprint density at radius 1 is 1.39 bits per heavy atom. The molecule has 0 atom stereocenters. The molecule has 3 N–H and O–H groups in total. The third-order valence-corrected chi connectivity index (χ3v) is 2.86. The average Bonchev–Trinajstić information content (AvgIpc) is 2.26. The molecule has 0 saturated heterocycles. The minimum atomic E-state index is -0.101. The van der Waals surface area contributed by atoms with Gasteiger partial charge in [-0.15, -0.1) is 0 Å². The molecule has 0 fully saturated rings. The van der Waals surface area contributed by atoms with Crippen LogP contribution < -0.4 is 11.1 Å². The van der Waals surface area contributed by atoms with Gasteiger partial charge in [-0.2, -0.15) is 0 Å². The zero-order valence-electron chi connectivity index (χ0n) is 10.3. The molecule has 0 aliphatic carbocycles. The number of thiocarbonyl (C=S) groups is 1. The zero-order valence-corrected chi connectivity index (χ0v) is 11.9. The van der Waals surface area contributed by atoms with Gasteiger partial charge in [0.2, 0.25) is 0 Å². The number of amides is 1. The van der Waals surface area contributed by atoms with Crippen molar-refractivity contribution in [3.05, 3.63) is 34.3 Å². The Morgan fingerprint density at radius 3 is 2.72 bits per heavy atom. The molecule has 0 aliphatic rings. The van der Waals surface area contributed by atoms with Crippen LogP contribution in [0.3, 0.4) is 0 Å². The molecular weight excluding hydrogens is 268 g/mol. The van der Waals surface area contributed by atoms with E-state index in [0.717, 1.165) is 24.8 Å². The van der Waals surface area contributed by atoms with Crippen LogP contribution in [0.2, 0.25) is 5.02 Å². The molecular formula is C13H17ClN2OS. The van der Waals surface area contributed by atoms with E-state index in [1.54, 1.807) is 6.07 Å². The quantitative estimate of drug-likeness (QED) is 0.624. The topological polar surface area (TPSA) is 55.1 Å². The Labute approximate surface area is 118 Å². The third kappa shape index (κ3) is 5.47. The first-order chi connectivity index (χ1) is 8.49. The fourth-order valence-electron chi connectivity index (χ4n) is 1.60. The van der Waals surface area contributed by atoms with Crippen molar-refractivity contribution in [3.63, 3.8) is 0 Å². The van der Waals surface area contributed by atoms with Crippen molar-refractivity contribution < 1.29 is 4.79 Å². The van der Waals surface area contributed by atoms with Crippen LogP contribution in [0.1, 0.15) is 35.2 Å². The van der Waals surface area contributed by atoms with E-state index in [1.807, 2.05) is 19.1 Å². The molecule has 3 nitrogen and oxygen atoms in total. The van der Waals surface area contributed by atoms with E-state index < -0.39 is 0 Å². The fourth-order valence-corrected chi connectivity index (χ4v) is 2.03. The first-order valence-electron chi connectivity index (χ1n) is 5.83. The lowest BCUT2D eigenvalue weighted by Crippen LogP contribution is -2.24. The molecule has 0 bridgehead atoms. The van der Waals surface area contributed by atoms with Crippen LogP contribution in [0.4, 0.5) is 0 Å². The standard InChI is InChI=1S/C13H17ClN2OS/c1-9-6-10(8-11(14)7-9)13(17)16-5-3-2-4-12(15)18/h6-8H,2-5H2,1H3,(H2,15,18)(H,16,17). The average molecular weight is 285 g/mol. The van der Waals surface area contributed by atoms with Crippen molar-refractivity contribution in [2.24, 2.45) is 5.73 Å². The van der Waals surface area contributed by atoms with Crippen LogP contribution in [0.25, 0.3) is 0 Å². The summed E-state index contributed by atoms with van der Waals surface area (Å²) >= 11 is 10.7. The summed E-state index contributed by atoms with van der Waals surface area (Å²) in [5.74, 6) is -0.101. The number of unbranched alkanes of at least 4 members (excludes halogenated alkanes) is 1. The van der Waals surface area contributed by atoms with Crippen LogP contribution in [0.5, 0.6) is 0 Å². The first kappa shape index (κ1) is 14.9. The van der Waals surface area contributed by atoms with E-state index >= 15 is 0 Å². The van der Waals surface area contributed by atoms with Gasteiger partial charge >= 0.3 is 0 Å². The zero-order chi connectivity index (χ0) is 13.5. The van der Waals surface area contributed by atoms with Gasteiger partial charge in [-0.25, -0.2) is 0 Å². The van der Waals surface area contributed by atoms with E-state index in [1.165, 1.54) is 0 Å². The molecule has 0 radical (unpaired) electrons. The minimum Gasteiger partial charge on any atom is -0.393 e. The normalized spacial score (nSPS) is 10.1. The highest BCUT2D eigenvalue weighted by molar-refractivity contribution is 7.80. The highest BCUT2D eigenvalue weighted by Gasteiger charge is 2.06. The van der Waals surface area contributed by atoms with Gasteiger partial charge in [0.15, 0.2) is 0 Å². The summed E-state index contributed by atoms with van der Waals surface area (Å²) in [4.78, 5) is 12.3. The number of benzene rings is 1. The van der Waals surface area contributed by atoms with Crippen LogP contribution >= 0.6 is 23.8 Å². The summed E-state index contributed by atoms with van der Waals surface area (Å²) in [6, 6.07) is 5.30. The lowest BCUT2D eigenvalue weighted by molar-refractivity contribution is 0.0953. The molecule has 0 spiro atoms. The lowest BCUT2D eigenvalue weighted by atomic mass is 10.1. The Kier molecular flexibility index (Phi) is 6.09. The number of carbonyl (C=O) groups is 1. The van der Waals surface area contributed by atoms with Gasteiger partial charge in [-0.1, -0.05) is 23.8 Å². The smallest absolute Gasteiger partial charge is 0.251 e. The van der Waals surface area contributed by atoms with Gasteiger partial charge < -0.3 is 11.1 Å². The molecule has 1 rings (SSSR count). The summed E-state index contributed by atoms with van der Waals surface area (Å²) < 4.78 is 0. The highest BCUT2D eigenvalue weighted by atomic mass is 35.5. The highest BCUT2D eigenvalue weighted by Crippen LogP contribution is 2.14. The summed E-state index contributed by atoms with van der Waals surface area (Å²) in [5, 5.41) is 3.42. The largest absolute Gasteiger partial charge is 0.393 e. The van der Waals surface area contributed by atoms with E-state index in [-0.39, 0.29) is 5.91 Å². The second-order valence-corrected chi connectivity index (χ2v) is 5.16. The van der Waals surface area contributed by atoms with Crippen LogP contribution in [-0.2, 0) is 0 Å². The maximum absolute atomic E-state index is 11.8. The number of halogens is 1. The Hall–Kier alpha value is -1.13. The van der Waals surface area contributed by atoms with Crippen molar-refractivity contribution in [2.45, 2.75) is 26.2 Å². The van der Waals surface area contributed by atoms with Gasteiger partial charge in [0.05, 0.1) is 4.99 Å². The number of rotatable bonds is 6. The number of hydrogen-bond acceptors (Lipinski definition) is 2. The summed E-state index contributed by atoms with van der Waals surface area (Å²) in [6.07, 6.45) is 2.48. The van der Waals surface area contributed by atoms with Gasteiger partial charge in [0.1, 0.15) is 0 Å². The number of carbonyl (C=O) groups excluding carboxylic acids is 1. The monoisotopic (exact) mass is 284 g/mol. The lowest BCUT2D eigenvalue weighted by Gasteiger charge is -2.06. The van der Waals surface area contributed by atoms with Crippen LogP contribution in [0.15, 0.2) is 18.2 Å². The van der Waals surface area contributed by atoms with Crippen molar-refractivity contribution >= 4 is 34.7 Å². The Bertz CT molecular complexity index is 428. The second-order valence-electron chi connectivity index (χ2n) is 4.20. The number of nitrogens with one attached hydrogen (secondary N) is 1. The van der Waals surface area contributed by atoms with Gasteiger partial charge in [0, 0.05) is 17.1 Å². The van der Waals surface area contributed by atoms with E-state index in [2.05, 4.69) is 5.32 Å². The van der Waals surface area contributed by atoms with Crippen molar-refractivity contribution in [1.82, 2.24) is 5.32 Å². The van der Waals surface area contributed by atoms with Gasteiger partial charge in [0.25, 0.3) is 5.91 Å². The maximum Gasteiger partial charge on any atom is 0.251 e. The molecule has 1 amide bonds. The van der Waals surface area contributed by atoms with Crippen LogP contribution in [-0.4, -0.2) is 17.4 Å².